The average Bonchev–Trinajstić information content (AvgIpc) is 2.85. The van der Waals surface area contributed by atoms with Crippen molar-refractivity contribution >= 4 is 27.5 Å². The first-order valence-corrected chi connectivity index (χ1v) is 13.8. The molecule has 3 aromatic rings. The normalized spacial score (nSPS) is 12.2. The summed E-state index contributed by atoms with van der Waals surface area (Å²) in [4.78, 5) is 28.0. The van der Waals surface area contributed by atoms with Crippen molar-refractivity contribution in [1.82, 2.24) is 10.2 Å². The minimum Gasteiger partial charge on any atom is -0.352 e. The van der Waals surface area contributed by atoms with Crippen LogP contribution in [0.5, 0.6) is 0 Å². The molecule has 202 valence electrons. The van der Waals surface area contributed by atoms with Gasteiger partial charge in [0.25, 0.3) is 10.0 Å². The van der Waals surface area contributed by atoms with E-state index in [1.807, 2.05) is 19.9 Å². The Labute approximate surface area is 224 Å². The molecule has 1 atom stereocenters. The van der Waals surface area contributed by atoms with Crippen LogP contribution in [0.15, 0.2) is 77.7 Å². The second kappa shape index (κ2) is 12.2. The van der Waals surface area contributed by atoms with Crippen LogP contribution < -0.4 is 9.62 Å². The molecule has 2 amide bonds. The van der Waals surface area contributed by atoms with Gasteiger partial charge < -0.3 is 10.2 Å². The van der Waals surface area contributed by atoms with E-state index in [0.29, 0.717) is 5.69 Å². The van der Waals surface area contributed by atoms with E-state index in [9.17, 15) is 22.4 Å². The largest absolute Gasteiger partial charge is 0.352 e. The molecule has 0 bridgehead atoms. The Balaban J connectivity index is 2.07. The lowest BCUT2D eigenvalue weighted by Crippen LogP contribution is -2.52. The molecule has 0 aliphatic heterocycles. The maximum atomic E-state index is 14.6. The number of carbonyl (C=O) groups excluding carboxylic acids is 2. The number of rotatable bonds is 10. The lowest BCUT2D eigenvalue weighted by molar-refractivity contribution is -0.139. The maximum Gasteiger partial charge on any atom is 0.264 e. The van der Waals surface area contributed by atoms with Gasteiger partial charge in [0.15, 0.2) is 0 Å². The fourth-order valence-corrected chi connectivity index (χ4v) is 5.56. The Morgan fingerprint density at radius 3 is 2.05 bits per heavy atom. The standard InChI is InChI=1S/C29H34FN3O4S/c1-20(2)31-29(35)23(5)32(18-24-11-9-10-14-27(24)30)28(34)19-33(25-16-21(3)15-22(4)17-25)38(36,37)26-12-7-6-8-13-26/h6-17,20,23H,18-19H2,1-5H3,(H,31,35)/t23-/m1/s1. The molecular weight excluding hydrogens is 505 g/mol. The molecule has 0 saturated heterocycles. The van der Waals surface area contributed by atoms with Gasteiger partial charge in [-0.3, -0.25) is 13.9 Å². The number of carbonyl (C=O) groups is 2. The lowest BCUT2D eigenvalue weighted by atomic mass is 10.1. The van der Waals surface area contributed by atoms with Crippen LogP contribution in [0.3, 0.4) is 0 Å². The Hall–Kier alpha value is -3.72. The van der Waals surface area contributed by atoms with E-state index in [-0.39, 0.29) is 23.0 Å². The minimum absolute atomic E-state index is 0.0261. The van der Waals surface area contributed by atoms with Gasteiger partial charge >= 0.3 is 0 Å². The highest BCUT2D eigenvalue weighted by Crippen LogP contribution is 2.26. The van der Waals surface area contributed by atoms with E-state index in [2.05, 4.69) is 5.32 Å². The van der Waals surface area contributed by atoms with Crippen molar-refractivity contribution in [3.05, 3.63) is 95.3 Å². The first kappa shape index (κ1) is 28.8. The fourth-order valence-electron chi connectivity index (χ4n) is 4.14. The smallest absolute Gasteiger partial charge is 0.264 e. The molecule has 0 fully saturated rings. The Bertz CT molecular complexity index is 1370. The summed E-state index contributed by atoms with van der Waals surface area (Å²) >= 11 is 0. The van der Waals surface area contributed by atoms with Crippen molar-refractivity contribution in [2.75, 3.05) is 10.8 Å². The van der Waals surface area contributed by atoms with Crippen molar-refractivity contribution in [2.24, 2.45) is 0 Å². The molecule has 0 spiro atoms. The molecule has 3 aromatic carbocycles. The Morgan fingerprint density at radius 2 is 1.47 bits per heavy atom. The van der Waals surface area contributed by atoms with E-state index in [1.165, 1.54) is 35.2 Å². The molecule has 0 aromatic heterocycles. The van der Waals surface area contributed by atoms with Gasteiger partial charge in [-0.1, -0.05) is 42.5 Å². The third-order valence-electron chi connectivity index (χ3n) is 6.00. The average molecular weight is 540 g/mol. The summed E-state index contributed by atoms with van der Waals surface area (Å²) in [6.45, 7) is 8.04. The van der Waals surface area contributed by atoms with Gasteiger partial charge in [-0.15, -0.1) is 0 Å². The van der Waals surface area contributed by atoms with Gasteiger partial charge in [0.2, 0.25) is 11.8 Å². The fraction of sp³-hybridized carbons (Fsp3) is 0.310. The van der Waals surface area contributed by atoms with Crippen LogP contribution in [0.2, 0.25) is 0 Å². The van der Waals surface area contributed by atoms with E-state index in [0.717, 1.165) is 15.4 Å². The molecule has 0 saturated carbocycles. The van der Waals surface area contributed by atoms with Crippen molar-refractivity contribution in [3.63, 3.8) is 0 Å². The predicted octanol–water partition coefficient (Wildman–Crippen LogP) is 4.58. The third-order valence-corrected chi connectivity index (χ3v) is 7.79. The van der Waals surface area contributed by atoms with E-state index >= 15 is 0 Å². The molecule has 1 N–H and O–H groups in total. The highest BCUT2D eigenvalue weighted by molar-refractivity contribution is 7.92. The second-order valence-electron chi connectivity index (χ2n) is 9.62. The molecule has 38 heavy (non-hydrogen) atoms. The zero-order chi connectivity index (χ0) is 28.0. The molecule has 0 unspecified atom stereocenters. The molecule has 0 aliphatic carbocycles. The van der Waals surface area contributed by atoms with E-state index < -0.39 is 40.2 Å². The van der Waals surface area contributed by atoms with E-state index in [1.54, 1.807) is 57.2 Å². The summed E-state index contributed by atoms with van der Waals surface area (Å²) in [5, 5.41) is 2.78. The first-order valence-electron chi connectivity index (χ1n) is 12.4. The van der Waals surface area contributed by atoms with Gasteiger partial charge in [-0.05, 0) is 76.1 Å². The SMILES string of the molecule is Cc1cc(C)cc(N(CC(=O)N(Cc2ccccc2F)[C@H](C)C(=O)NC(C)C)S(=O)(=O)c2ccccc2)c1. The number of halogens is 1. The van der Waals surface area contributed by atoms with Crippen LogP contribution in [0.1, 0.15) is 37.5 Å². The summed E-state index contributed by atoms with van der Waals surface area (Å²) < 4.78 is 43.2. The van der Waals surface area contributed by atoms with Crippen molar-refractivity contribution in [1.29, 1.82) is 0 Å². The maximum absolute atomic E-state index is 14.6. The van der Waals surface area contributed by atoms with Crippen LogP contribution in [-0.4, -0.2) is 43.8 Å². The molecule has 9 heteroatoms. The Morgan fingerprint density at radius 1 is 0.895 bits per heavy atom. The highest BCUT2D eigenvalue weighted by atomic mass is 32.2. The zero-order valence-electron chi connectivity index (χ0n) is 22.3. The molecule has 0 heterocycles. The number of amides is 2. The molecule has 0 aliphatic rings. The van der Waals surface area contributed by atoms with Gasteiger partial charge in [0.1, 0.15) is 18.4 Å². The summed E-state index contributed by atoms with van der Waals surface area (Å²) in [5.41, 5.74) is 2.20. The quantitative estimate of drug-likeness (QED) is 0.409. The number of sulfonamides is 1. The molecular formula is C29H34FN3O4S. The molecule has 3 rings (SSSR count). The number of aryl methyl sites for hydroxylation is 2. The van der Waals surface area contributed by atoms with Gasteiger partial charge in [0.05, 0.1) is 10.6 Å². The summed E-state index contributed by atoms with van der Waals surface area (Å²) in [7, 11) is -4.15. The van der Waals surface area contributed by atoms with Gasteiger partial charge in [-0.25, -0.2) is 12.8 Å². The van der Waals surface area contributed by atoms with Crippen molar-refractivity contribution in [3.8, 4) is 0 Å². The summed E-state index contributed by atoms with van der Waals surface area (Å²) in [5.74, 6) is -1.59. The predicted molar refractivity (Wildman–Crippen MR) is 147 cm³/mol. The van der Waals surface area contributed by atoms with Crippen molar-refractivity contribution in [2.45, 2.75) is 58.1 Å². The second-order valence-corrected chi connectivity index (χ2v) is 11.5. The molecule has 0 radical (unpaired) electrons. The number of nitrogens with one attached hydrogen (secondary N) is 1. The third kappa shape index (κ3) is 6.98. The number of benzene rings is 3. The van der Waals surface area contributed by atoms with Crippen LogP contribution in [0, 0.1) is 19.7 Å². The van der Waals surface area contributed by atoms with Crippen LogP contribution in [-0.2, 0) is 26.2 Å². The van der Waals surface area contributed by atoms with Crippen LogP contribution in [0.25, 0.3) is 0 Å². The Kier molecular flexibility index (Phi) is 9.27. The van der Waals surface area contributed by atoms with Crippen LogP contribution in [0.4, 0.5) is 10.1 Å². The molecule has 7 nitrogen and oxygen atoms in total. The number of hydrogen-bond acceptors (Lipinski definition) is 4. The zero-order valence-corrected chi connectivity index (χ0v) is 23.1. The summed E-state index contributed by atoms with van der Waals surface area (Å²) in [6, 6.07) is 18.0. The summed E-state index contributed by atoms with van der Waals surface area (Å²) in [6.07, 6.45) is 0. The van der Waals surface area contributed by atoms with Crippen molar-refractivity contribution < 1.29 is 22.4 Å². The topological polar surface area (TPSA) is 86.8 Å². The highest BCUT2D eigenvalue weighted by Gasteiger charge is 2.33. The monoisotopic (exact) mass is 539 g/mol. The lowest BCUT2D eigenvalue weighted by Gasteiger charge is -2.32. The minimum atomic E-state index is -4.15. The van der Waals surface area contributed by atoms with E-state index in [4.69, 9.17) is 0 Å². The number of nitrogens with zero attached hydrogens (tertiary/aromatic N) is 2. The number of anilines is 1. The number of hydrogen-bond donors (Lipinski definition) is 1. The van der Waals surface area contributed by atoms with Crippen LogP contribution >= 0.6 is 0 Å². The van der Waals surface area contributed by atoms with Gasteiger partial charge in [-0.2, -0.15) is 0 Å². The van der Waals surface area contributed by atoms with Gasteiger partial charge in [0, 0.05) is 18.2 Å². The first-order chi connectivity index (χ1) is 17.9.